The van der Waals surface area contributed by atoms with Gasteiger partial charge in [-0.05, 0) is 49.7 Å². The number of hydrogen-bond acceptors (Lipinski definition) is 4. The normalized spacial score (nSPS) is 12.7. The number of fused-ring (bicyclic) bond motifs is 1. The van der Waals surface area contributed by atoms with Crippen molar-refractivity contribution in [1.82, 2.24) is 19.7 Å². The fourth-order valence-electron chi connectivity index (χ4n) is 4.38. The number of pyridine rings is 1. The minimum absolute atomic E-state index is 0.0430. The van der Waals surface area contributed by atoms with Gasteiger partial charge in [0, 0.05) is 35.6 Å². The third-order valence-corrected chi connectivity index (χ3v) is 6.06. The second-order valence-electron chi connectivity index (χ2n) is 8.20. The zero-order chi connectivity index (χ0) is 24.0. The van der Waals surface area contributed by atoms with Gasteiger partial charge < -0.3 is 4.90 Å². The maximum absolute atomic E-state index is 15.1. The highest BCUT2D eigenvalue weighted by Gasteiger charge is 2.28. The fraction of sp³-hybridized carbons (Fsp3) is 0.154. The predicted molar refractivity (Wildman–Crippen MR) is 121 cm³/mol. The molecule has 1 amide bonds. The molecule has 1 aliphatic heterocycles. The third kappa shape index (κ3) is 3.52. The van der Waals surface area contributed by atoms with Gasteiger partial charge in [-0.25, -0.2) is 13.5 Å². The number of amides is 1. The number of nitrogens with zero attached hydrogens (tertiary/aromatic N) is 5. The Balaban J connectivity index is 1.44. The molecule has 3 heterocycles. The van der Waals surface area contributed by atoms with E-state index in [0.29, 0.717) is 46.0 Å². The van der Waals surface area contributed by atoms with Gasteiger partial charge in [0.15, 0.2) is 0 Å². The number of aryl methyl sites for hydroxylation is 1. The lowest BCUT2D eigenvalue weighted by Crippen LogP contribution is -2.23. The Bertz CT molecular complexity index is 1500. The minimum atomic E-state index is -0.627. The Morgan fingerprint density at radius 2 is 1.91 bits per heavy atom. The highest BCUT2D eigenvalue weighted by Crippen LogP contribution is 2.31. The molecule has 0 saturated carbocycles. The van der Waals surface area contributed by atoms with E-state index in [1.54, 1.807) is 59.1 Å². The van der Waals surface area contributed by atoms with Crippen molar-refractivity contribution >= 4 is 5.91 Å². The smallest absolute Gasteiger partial charge is 0.256 e. The molecule has 4 aromatic rings. The van der Waals surface area contributed by atoms with E-state index >= 15 is 4.39 Å². The van der Waals surface area contributed by atoms with E-state index in [1.807, 2.05) is 6.92 Å². The molecule has 1 aliphatic rings. The summed E-state index contributed by atoms with van der Waals surface area (Å²) in [7, 11) is 0. The third-order valence-electron chi connectivity index (χ3n) is 6.06. The van der Waals surface area contributed by atoms with Crippen molar-refractivity contribution in [2.45, 2.75) is 26.9 Å². The van der Waals surface area contributed by atoms with Crippen molar-refractivity contribution in [1.29, 1.82) is 5.26 Å². The number of carbonyl (C=O) groups excluding carboxylic acids is 1. The van der Waals surface area contributed by atoms with Crippen LogP contribution in [-0.4, -0.2) is 25.6 Å². The molecule has 5 rings (SSSR count). The summed E-state index contributed by atoms with van der Waals surface area (Å²) in [6, 6.07) is 14.4. The average Bonchev–Trinajstić information content (AvgIpc) is 3.30. The van der Waals surface area contributed by atoms with Gasteiger partial charge in [0.05, 0.1) is 34.7 Å². The lowest BCUT2D eigenvalue weighted by atomic mass is 10.0. The average molecular weight is 455 g/mol. The summed E-state index contributed by atoms with van der Waals surface area (Å²) >= 11 is 0. The van der Waals surface area contributed by atoms with E-state index in [9.17, 15) is 9.18 Å². The summed E-state index contributed by atoms with van der Waals surface area (Å²) < 4.78 is 30.8. The lowest BCUT2D eigenvalue weighted by Gasteiger charge is -2.16. The van der Waals surface area contributed by atoms with Crippen LogP contribution in [0.4, 0.5) is 8.78 Å². The Hall–Kier alpha value is -4.38. The molecule has 0 unspecified atom stereocenters. The zero-order valence-corrected chi connectivity index (χ0v) is 18.5. The molecule has 0 radical (unpaired) electrons. The molecule has 2 aromatic heterocycles. The highest BCUT2D eigenvalue weighted by molar-refractivity contribution is 5.97. The van der Waals surface area contributed by atoms with Gasteiger partial charge in [0.25, 0.3) is 5.91 Å². The van der Waals surface area contributed by atoms with Crippen LogP contribution in [0.25, 0.3) is 16.8 Å². The Kier molecular flexibility index (Phi) is 5.17. The maximum atomic E-state index is 15.1. The minimum Gasteiger partial charge on any atom is -0.328 e. The molecular formula is C26H19F2N5O. The summed E-state index contributed by atoms with van der Waals surface area (Å²) in [6.07, 6.45) is 1.64. The first-order valence-electron chi connectivity index (χ1n) is 10.7. The van der Waals surface area contributed by atoms with Gasteiger partial charge in [0.2, 0.25) is 0 Å². The molecule has 168 valence electrons. The van der Waals surface area contributed by atoms with Gasteiger partial charge in [-0.1, -0.05) is 12.1 Å². The van der Waals surface area contributed by atoms with Crippen molar-refractivity contribution in [2.24, 2.45) is 0 Å². The molecule has 0 saturated heterocycles. The lowest BCUT2D eigenvalue weighted by molar-refractivity contribution is 0.0765. The summed E-state index contributed by atoms with van der Waals surface area (Å²) in [4.78, 5) is 18.4. The molecule has 6 nitrogen and oxygen atoms in total. The van der Waals surface area contributed by atoms with Crippen molar-refractivity contribution < 1.29 is 13.6 Å². The Labute approximate surface area is 194 Å². The number of halogens is 2. The predicted octanol–water partition coefficient (Wildman–Crippen LogP) is 4.86. The number of carbonyl (C=O) groups is 1. The number of rotatable bonds is 4. The molecule has 0 bridgehead atoms. The summed E-state index contributed by atoms with van der Waals surface area (Å²) in [5.41, 5.74) is 4.83. The number of aromatic nitrogens is 3. The van der Waals surface area contributed by atoms with E-state index in [-0.39, 0.29) is 18.0 Å². The van der Waals surface area contributed by atoms with Gasteiger partial charge in [-0.3, -0.25) is 9.78 Å². The molecule has 0 aliphatic carbocycles. The zero-order valence-electron chi connectivity index (χ0n) is 18.5. The van der Waals surface area contributed by atoms with E-state index in [2.05, 4.69) is 10.1 Å². The van der Waals surface area contributed by atoms with Crippen molar-refractivity contribution in [2.75, 3.05) is 0 Å². The molecule has 0 atom stereocenters. The molecule has 8 heteroatoms. The van der Waals surface area contributed by atoms with Crippen molar-refractivity contribution in [3.05, 3.63) is 100 Å². The summed E-state index contributed by atoms with van der Waals surface area (Å²) in [5.74, 6) is -1.21. The maximum Gasteiger partial charge on any atom is 0.256 e. The standard InChI is InChI=1S/C26H19F2N5O/c1-15-25(16(2)33(31-15)20-8-7-18(12-29)23(28)11-20)17-5-6-19(22(27)10-17)13-32-14-24-21(26(32)34)4-3-9-30-24/h3-11H,13-14H2,1-2H3. The van der Waals surface area contributed by atoms with Crippen LogP contribution < -0.4 is 0 Å². The van der Waals surface area contributed by atoms with Gasteiger partial charge in [-0.2, -0.15) is 10.4 Å². The summed E-state index contributed by atoms with van der Waals surface area (Å²) in [6.45, 7) is 4.12. The summed E-state index contributed by atoms with van der Waals surface area (Å²) in [5, 5.41) is 13.5. The Morgan fingerprint density at radius 3 is 2.62 bits per heavy atom. The van der Waals surface area contributed by atoms with Gasteiger partial charge in [-0.15, -0.1) is 0 Å². The van der Waals surface area contributed by atoms with E-state index < -0.39 is 11.6 Å². The van der Waals surface area contributed by atoms with Crippen LogP contribution in [0.15, 0.2) is 54.7 Å². The quantitative estimate of drug-likeness (QED) is 0.441. The molecule has 2 aromatic carbocycles. The van der Waals surface area contributed by atoms with Crippen LogP contribution in [0.3, 0.4) is 0 Å². The van der Waals surface area contributed by atoms with Crippen LogP contribution in [0.1, 0.15) is 38.6 Å². The van der Waals surface area contributed by atoms with Crippen molar-refractivity contribution in [3.63, 3.8) is 0 Å². The van der Waals surface area contributed by atoms with E-state index in [1.165, 1.54) is 18.2 Å². The largest absolute Gasteiger partial charge is 0.328 e. The van der Waals surface area contributed by atoms with Crippen LogP contribution in [0.2, 0.25) is 0 Å². The highest BCUT2D eigenvalue weighted by atomic mass is 19.1. The number of nitriles is 1. The second-order valence-corrected chi connectivity index (χ2v) is 8.20. The van der Waals surface area contributed by atoms with Crippen LogP contribution in [-0.2, 0) is 13.1 Å². The SMILES string of the molecule is Cc1nn(-c2ccc(C#N)c(F)c2)c(C)c1-c1ccc(CN2Cc3ncccc3C2=O)c(F)c1. The first-order valence-corrected chi connectivity index (χ1v) is 10.7. The van der Waals surface area contributed by atoms with Crippen LogP contribution in [0.5, 0.6) is 0 Å². The molecular weight excluding hydrogens is 436 g/mol. The van der Waals surface area contributed by atoms with Crippen LogP contribution in [0, 0.1) is 36.8 Å². The molecule has 0 N–H and O–H groups in total. The number of hydrogen-bond donors (Lipinski definition) is 0. The first-order chi connectivity index (χ1) is 16.4. The topological polar surface area (TPSA) is 74.8 Å². The first kappa shape index (κ1) is 21.5. The molecule has 0 fully saturated rings. The monoisotopic (exact) mass is 455 g/mol. The molecule has 0 spiro atoms. The second kappa shape index (κ2) is 8.19. The van der Waals surface area contributed by atoms with Gasteiger partial charge >= 0.3 is 0 Å². The fourth-order valence-corrected chi connectivity index (χ4v) is 4.38. The van der Waals surface area contributed by atoms with Gasteiger partial charge in [0.1, 0.15) is 17.7 Å². The Morgan fingerprint density at radius 1 is 1.09 bits per heavy atom. The molecule has 34 heavy (non-hydrogen) atoms. The van der Waals surface area contributed by atoms with Crippen LogP contribution >= 0.6 is 0 Å². The van der Waals surface area contributed by atoms with E-state index in [4.69, 9.17) is 5.26 Å². The number of benzene rings is 2. The van der Waals surface area contributed by atoms with E-state index in [0.717, 1.165) is 5.56 Å². The van der Waals surface area contributed by atoms with Crippen molar-refractivity contribution in [3.8, 4) is 22.9 Å².